The van der Waals surface area contributed by atoms with Crippen LogP contribution in [-0.4, -0.2) is 8.42 Å². The molecule has 2 rings (SSSR count). The van der Waals surface area contributed by atoms with Crippen molar-refractivity contribution in [2.24, 2.45) is 5.73 Å². The Kier molecular flexibility index (Phi) is 4.38. The van der Waals surface area contributed by atoms with Crippen molar-refractivity contribution in [3.8, 4) is 0 Å². The van der Waals surface area contributed by atoms with Crippen molar-refractivity contribution in [1.29, 1.82) is 0 Å². The first-order chi connectivity index (χ1) is 9.33. The van der Waals surface area contributed by atoms with Gasteiger partial charge >= 0.3 is 0 Å². The Labute approximate surface area is 128 Å². The van der Waals surface area contributed by atoms with Gasteiger partial charge in [0.15, 0.2) is 4.67 Å². The number of nitrogens with one attached hydrogen (secondary N) is 1. The number of rotatable bonds is 4. The van der Waals surface area contributed by atoms with Crippen molar-refractivity contribution < 1.29 is 17.2 Å². The van der Waals surface area contributed by atoms with Gasteiger partial charge in [0.05, 0.1) is 12.2 Å². The second-order valence-corrected chi connectivity index (χ2v) is 6.59. The van der Waals surface area contributed by atoms with E-state index in [2.05, 4.69) is 20.7 Å². The molecule has 3 N–H and O–H groups in total. The molecule has 1 heterocycles. The molecule has 0 saturated carbocycles. The highest BCUT2D eigenvalue weighted by atomic mass is 79.9. The number of furan rings is 1. The van der Waals surface area contributed by atoms with Crippen molar-refractivity contribution in [3.05, 3.63) is 45.5 Å². The minimum absolute atomic E-state index is 0.00659. The monoisotopic (exact) mass is 382 g/mol. The quantitative estimate of drug-likeness (QED) is 0.849. The number of benzene rings is 1. The zero-order valence-corrected chi connectivity index (χ0v) is 13.0. The summed E-state index contributed by atoms with van der Waals surface area (Å²) < 4.78 is 45.1. The molecule has 0 saturated heterocycles. The summed E-state index contributed by atoms with van der Waals surface area (Å²) in [6, 6.07) is 4.81. The van der Waals surface area contributed by atoms with E-state index in [1.807, 2.05) is 0 Å². The van der Waals surface area contributed by atoms with Gasteiger partial charge in [-0.05, 0) is 34.1 Å². The standard InChI is InChI=1S/C11H9BrClFN2O3S/c12-11-10(4-7(5-15)19-11)20(17,18)16-9-3-6(13)1-2-8(9)14/h1-4,16H,5,15H2. The summed E-state index contributed by atoms with van der Waals surface area (Å²) in [5.74, 6) is -0.458. The van der Waals surface area contributed by atoms with Crippen LogP contribution in [0.2, 0.25) is 5.02 Å². The highest BCUT2D eigenvalue weighted by molar-refractivity contribution is 9.10. The van der Waals surface area contributed by atoms with Crippen LogP contribution in [0.1, 0.15) is 5.76 Å². The second-order valence-electron chi connectivity index (χ2n) is 3.78. The molecule has 0 bridgehead atoms. The van der Waals surface area contributed by atoms with E-state index in [1.165, 1.54) is 18.2 Å². The van der Waals surface area contributed by atoms with Crippen molar-refractivity contribution in [2.75, 3.05) is 4.72 Å². The Bertz CT molecular complexity index is 748. The van der Waals surface area contributed by atoms with E-state index in [9.17, 15) is 12.8 Å². The van der Waals surface area contributed by atoms with Gasteiger partial charge in [-0.2, -0.15) is 0 Å². The van der Waals surface area contributed by atoms with Gasteiger partial charge in [0.1, 0.15) is 16.5 Å². The third kappa shape index (κ3) is 3.14. The largest absolute Gasteiger partial charge is 0.452 e. The fourth-order valence-electron chi connectivity index (χ4n) is 1.46. The normalized spacial score (nSPS) is 11.6. The molecule has 0 atom stereocenters. The van der Waals surface area contributed by atoms with Crippen LogP contribution in [0.5, 0.6) is 0 Å². The first-order valence-electron chi connectivity index (χ1n) is 5.29. The molecular formula is C11H9BrClFN2O3S. The van der Waals surface area contributed by atoms with Gasteiger partial charge in [0.2, 0.25) is 0 Å². The molecule has 0 aliphatic heterocycles. The van der Waals surface area contributed by atoms with E-state index in [-0.39, 0.29) is 32.6 Å². The molecule has 20 heavy (non-hydrogen) atoms. The van der Waals surface area contributed by atoms with Crippen molar-refractivity contribution in [1.82, 2.24) is 0 Å². The Hall–Kier alpha value is -1.09. The highest BCUT2D eigenvalue weighted by Gasteiger charge is 2.23. The first-order valence-corrected chi connectivity index (χ1v) is 7.95. The van der Waals surface area contributed by atoms with Crippen molar-refractivity contribution >= 4 is 43.2 Å². The van der Waals surface area contributed by atoms with Crippen molar-refractivity contribution in [3.63, 3.8) is 0 Å². The number of halogens is 3. The molecule has 9 heteroatoms. The molecule has 5 nitrogen and oxygen atoms in total. The van der Waals surface area contributed by atoms with Crippen LogP contribution in [0.25, 0.3) is 0 Å². The average Bonchev–Trinajstić information content (AvgIpc) is 2.76. The number of hydrogen-bond donors (Lipinski definition) is 2. The van der Waals surface area contributed by atoms with Crippen molar-refractivity contribution in [2.45, 2.75) is 11.4 Å². The maximum Gasteiger partial charge on any atom is 0.266 e. The van der Waals surface area contributed by atoms with Crippen LogP contribution in [0.15, 0.2) is 38.2 Å². The SMILES string of the molecule is NCc1cc(S(=O)(=O)Nc2cc(Cl)ccc2F)c(Br)o1. The zero-order chi connectivity index (χ0) is 14.9. The van der Waals surface area contributed by atoms with Gasteiger partial charge in [-0.1, -0.05) is 11.6 Å². The summed E-state index contributed by atoms with van der Waals surface area (Å²) in [4.78, 5) is -0.169. The van der Waals surface area contributed by atoms with Crippen LogP contribution in [0, 0.1) is 5.82 Å². The smallest absolute Gasteiger partial charge is 0.266 e. The van der Waals surface area contributed by atoms with Crippen LogP contribution < -0.4 is 10.5 Å². The van der Waals surface area contributed by atoms with E-state index < -0.39 is 15.8 Å². The molecule has 1 aromatic carbocycles. The highest BCUT2D eigenvalue weighted by Crippen LogP contribution is 2.29. The molecule has 0 aliphatic carbocycles. The van der Waals surface area contributed by atoms with Gasteiger partial charge in [-0.15, -0.1) is 0 Å². The predicted molar refractivity (Wildman–Crippen MR) is 76.5 cm³/mol. The van der Waals surface area contributed by atoms with E-state index >= 15 is 0 Å². The molecule has 0 unspecified atom stereocenters. The second kappa shape index (κ2) is 5.72. The molecule has 0 spiro atoms. The molecule has 2 aromatic rings. The molecule has 108 valence electrons. The topological polar surface area (TPSA) is 85.3 Å². The molecule has 0 radical (unpaired) electrons. The number of hydrogen-bond acceptors (Lipinski definition) is 4. The third-order valence-corrected chi connectivity index (χ3v) is 4.83. The summed E-state index contributed by atoms with van der Waals surface area (Å²) in [5, 5.41) is 0.206. The number of nitrogens with two attached hydrogens (primary N) is 1. The minimum atomic E-state index is -4.02. The van der Waals surface area contributed by atoms with E-state index in [4.69, 9.17) is 21.8 Å². The minimum Gasteiger partial charge on any atom is -0.452 e. The molecule has 1 aromatic heterocycles. The Morgan fingerprint density at radius 2 is 2.10 bits per heavy atom. The van der Waals surface area contributed by atoms with Crippen LogP contribution in [0.3, 0.4) is 0 Å². The first kappa shape index (κ1) is 15.3. The van der Waals surface area contributed by atoms with E-state index in [0.29, 0.717) is 0 Å². The van der Waals surface area contributed by atoms with Gasteiger partial charge < -0.3 is 10.2 Å². The maximum absolute atomic E-state index is 13.5. The zero-order valence-electron chi connectivity index (χ0n) is 9.86. The molecule has 0 fully saturated rings. The number of sulfonamides is 1. The molecule has 0 amide bonds. The van der Waals surface area contributed by atoms with Crippen LogP contribution >= 0.6 is 27.5 Å². The van der Waals surface area contributed by atoms with Crippen LogP contribution in [-0.2, 0) is 16.6 Å². The lowest BCUT2D eigenvalue weighted by molar-refractivity contribution is 0.484. The summed E-state index contributed by atoms with van der Waals surface area (Å²) in [6.07, 6.45) is 0. The maximum atomic E-state index is 13.5. The van der Waals surface area contributed by atoms with Gasteiger partial charge in [0.25, 0.3) is 10.0 Å². The van der Waals surface area contributed by atoms with E-state index in [0.717, 1.165) is 6.07 Å². The van der Waals surface area contributed by atoms with Gasteiger partial charge in [0, 0.05) is 11.1 Å². The summed E-state index contributed by atoms with van der Waals surface area (Å²) >= 11 is 8.68. The Morgan fingerprint density at radius 1 is 1.40 bits per heavy atom. The molecule has 0 aliphatic rings. The third-order valence-electron chi connectivity index (χ3n) is 2.37. The Morgan fingerprint density at radius 3 is 2.70 bits per heavy atom. The molecular weight excluding hydrogens is 375 g/mol. The summed E-state index contributed by atoms with van der Waals surface area (Å²) in [6.45, 7) is 0.0413. The predicted octanol–water partition coefficient (Wildman–Crippen LogP) is 3.09. The van der Waals surface area contributed by atoms with Crippen LogP contribution in [0.4, 0.5) is 10.1 Å². The fraction of sp³-hybridized carbons (Fsp3) is 0.0909. The fourth-order valence-corrected chi connectivity index (χ4v) is 3.69. The lowest BCUT2D eigenvalue weighted by Gasteiger charge is -2.07. The lowest BCUT2D eigenvalue weighted by atomic mass is 10.3. The Balaban J connectivity index is 2.40. The lowest BCUT2D eigenvalue weighted by Crippen LogP contribution is -2.13. The number of anilines is 1. The van der Waals surface area contributed by atoms with E-state index in [1.54, 1.807) is 0 Å². The van der Waals surface area contributed by atoms with Gasteiger partial charge in [-0.25, -0.2) is 12.8 Å². The summed E-state index contributed by atoms with van der Waals surface area (Å²) in [7, 11) is -4.02. The average molecular weight is 384 g/mol. The van der Waals surface area contributed by atoms with Gasteiger partial charge in [-0.3, -0.25) is 4.72 Å². The summed E-state index contributed by atoms with van der Waals surface area (Å²) in [5.41, 5.74) is 5.11.